The molecular formula is C17H28FNO. The molecule has 3 heteroatoms. The highest BCUT2D eigenvalue weighted by Gasteiger charge is 2.11. The summed E-state index contributed by atoms with van der Waals surface area (Å²) in [6.07, 6.45) is 3.33. The third kappa shape index (κ3) is 7.01. The number of ether oxygens (including phenoxy) is 1. The van der Waals surface area contributed by atoms with Crippen molar-refractivity contribution in [2.75, 3.05) is 26.8 Å². The van der Waals surface area contributed by atoms with Crippen LogP contribution >= 0.6 is 0 Å². The number of unbranched alkanes of at least 4 members (excludes halogenated alkanes) is 1. The van der Waals surface area contributed by atoms with Crippen LogP contribution in [0.5, 0.6) is 0 Å². The van der Waals surface area contributed by atoms with Crippen LogP contribution in [0.15, 0.2) is 24.3 Å². The van der Waals surface area contributed by atoms with Crippen molar-refractivity contribution in [3.05, 3.63) is 35.6 Å². The number of rotatable bonds is 10. The molecule has 0 fully saturated rings. The summed E-state index contributed by atoms with van der Waals surface area (Å²) < 4.78 is 18.1. The van der Waals surface area contributed by atoms with E-state index in [0.717, 1.165) is 39.0 Å². The average molecular weight is 281 g/mol. The fourth-order valence-corrected chi connectivity index (χ4v) is 2.30. The van der Waals surface area contributed by atoms with Crippen molar-refractivity contribution < 1.29 is 9.13 Å². The Kier molecular flexibility index (Phi) is 8.47. The summed E-state index contributed by atoms with van der Waals surface area (Å²) in [6, 6.07) is 6.93. The van der Waals surface area contributed by atoms with Crippen LogP contribution in [0.3, 0.4) is 0 Å². The van der Waals surface area contributed by atoms with Crippen molar-refractivity contribution in [3.8, 4) is 0 Å². The maximum absolute atomic E-state index is 13.0. The maximum Gasteiger partial charge on any atom is 0.123 e. The molecule has 2 nitrogen and oxygen atoms in total. The molecule has 0 aliphatic rings. The second-order valence-corrected chi connectivity index (χ2v) is 5.79. The smallest absolute Gasteiger partial charge is 0.123 e. The van der Waals surface area contributed by atoms with Crippen molar-refractivity contribution in [1.29, 1.82) is 0 Å². The van der Waals surface area contributed by atoms with Crippen LogP contribution in [0.2, 0.25) is 0 Å². The van der Waals surface area contributed by atoms with E-state index in [2.05, 4.69) is 19.2 Å². The second kappa shape index (κ2) is 9.89. The van der Waals surface area contributed by atoms with Crippen LogP contribution in [-0.2, 0) is 4.74 Å². The Morgan fingerprint density at radius 3 is 2.40 bits per heavy atom. The summed E-state index contributed by atoms with van der Waals surface area (Å²) in [7, 11) is 1.74. The van der Waals surface area contributed by atoms with E-state index in [1.54, 1.807) is 19.2 Å². The first-order valence-electron chi connectivity index (χ1n) is 7.58. The molecule has 0 heterocycles. The van der Waals surface area contributed by atoms with Gasteiger partial charge in [0.05, 0.1) is 0 Å². The lowest BCUT2D eigenvalue weighted by atomic mass is 9.93. The molecule has 0 saturated heterocycles. The number of nitrogens with one attached hydrogen (secondary N) is 1. The average Bonchev–Trinajstić information content (AvgIpc) is 2.42. The van der Waals surface area contributed by atoms with Crippen molar-refractivity contribution in [2.45, 2.75) is 39.0 Å². The molecule has 1 rings (SSSR count). The van der Waals surface area contributed by atoms with E-state index in [1.807, 2.05) is 12.1 Å². The Balaban J connectivity index is 2.51. The largest absolute Gasteiger partial charge is 0.385 e. The lowest BCUT2D eigenvalue weighted by Crippen LogP contribution is -2.25. The van der Waals surface area contributed by atoms with E-state index in [-0.39, 0.29) is 5.82 Å². The fourth-order valence-electron chi connectivity index (χ4n) is 2.30. The lowest BCUT2D eigenvalue weighted by molar-refractivity contribution is 0.191. The third-order valence-corrected chi connectivity index (χ3v) is 3.44. The molecule has 1 N–H and O–H groups in total. The monoisotopic (exact) mass is 281 g/mol. The van der Waals surface area contributed by atoms with Gasteiger partial charge >= 0.3 is 0 Å². The number of halogens is 1. The van der Waals surface area contributed by atoms with Gasteiger partial charge in [0, 0.05) is 20.3 Å². The molecule has 0 radical (unpaired) electrons. The van der Waals surface area contributed by atoms with Crippen molar-refractivity contribution in [3.63, 3.8) is 0 Å². The molecule has 0 aliphatic carbocycles. The zero-order valence-electron chi connectivity index (χ0n) is 13.0. The Morgan fingerprint density at radius 1 is 1.10 bits per heavy atom. The molecule has 0 aromatic heterocycles. The normalized spacial score (nSPS) is 12.8. The van der Waals surface area contributed by atoms with E-state index in [4.69, 9.17) is 4.74 Å². The summed E-state index contributed by atoms with van der Waals surface area (Å²) in [5, 5.41) is 3.51. The predicted molar refractivity (Wildman–Crippen MR) is 82.6 cm³/mol. The number of hydrogen-bond acceptors (Lipinski definition) is 2. The van der Waals surface area contributed by atoms with E-state index >= 15 is 0 Å². The van der Waals surface area contributed by atoms with Crippen molar-refractivity contribution in [2.24, 2.45) is 5.92 Å². The number of hydrogen-bond donors (Lipinski definition) is 1. The van der Waals surface area contributed by atoms with Crippen molar-refractivity contribution in [1.82, 2.24) is 5.32 Å². The zero-order chi connectivity index (χ0) is 14.8. The molecule has 1 aromatic carbocycles. The van der Waals surface area contributed by atoms with E-state index in [1.165, 1.54) is 5.56 Å². The number of methoxy groups -OCH3 is 1. The molecule has 1 aromatic rings. The van der Waals surface area contributed by atoms with Gasteiger partial charge < -0.3 is 10.1 Å². The quantitative estimate of drug-likeness (QED) is 0.655. The minimum Gasteiger partial charge on any atom is -0.385 e. The van der Waals surface area contributed by atoms with Crippen molar-refractivity contribution >= 4 is 0 Å². The standard InChI is InChI=1S/C17H28FNO/c1-14(2)12-19-13-16(6-4-5-11-20-3)15-7-9-17(18)10-8-15/h7-10,14,16,19H,4-6,11-13H2,1-3H3. The van der Waals surface area contributed by atoms with Crippen LogP contribution in [0.1, 0.15) is 44.6 Å². The Bertz CT molecular complexity index is 351. The van der Waals surface area contributed by atoms with Gasteiger partial charge in [-0.05, 0) is 48.9 Å². The zero-order valence-corrected chi connectivity index (χ0v) is 13.0. The summed E-state index contributed by atoms with van der Waals surface area (Å²) >= 11 is 0. The van der Waals surface area contributed by atoms with Gasteiger partial charge in [-0.25, -0.2) is 4.39 Å². The highest BCUT2D eigenvalue weighted by atomic mass is 19.1. The van der Waals surface area contributed by atoms with Gasteiger partial charge in [0.15, 0.2) is 0 Å². The lowest BCUT2D eigenvalue weighted by Gasteiger charge is -2.19. The van der Waals surface area contributed by atoms with E-state index in [0.29, 0.717) is 11.8 Å². The molecule has 1 atom stereocenters. The topological polar surface area (TPSA) is 21.3 Å². The van der Waals surface area contributed by atoms with E-state index < -0.39 is 0 Å². The van der Waals surface area contributed by atoms with Crippen LogP contribution in [-0.4, -0.2) is 26.8 Å². The molecule has 114 valence electrons. The fraction of sp³-hybridized carbons (Fsp3) is 0.647. The van der Waals surface area contributed by atoms with Gasteiger partial charge in [-0.3, -0.25) is 0 Å². The van der Waals surface area contributed by atoms with Crippen LogP contribution in [0.4, 0.5) is 4.39 Å². The van der Waals surface area contributed by atoms with Crippen LogP contribution < -0.4 is 5.32 Å². The Morgan fingerprint density at radius 2 is 1.80 bits per heavy atom. The SMILES string of the molecule is COCCCCC(CNCC(C)C)c1ccc(F)cc1. The van der Waals surface area contributed by atoms with Gasteiger partial charge in [0.25, 0.3) is 0 Å². The molecule has 20 heavy (non-hydrogen) atoms. The number of benzene rings is 1. The minimum absolute atomic E-state index is 0.165. The molecule has 0 saturated carbocycles. The van der Waals surface area contributed by atoms with Crippen LogP contribution in [0.25, 0.3) is 0 Å². The third-order valence-electron chi connectivity index (χ3n) is 3.44. The highest BCUT2D eigenvalue weighted by molar-refractivity contribution is 5.20. The Labute approximate surface area is 122 Å². The molecule has 0 bridgehead atoms. The first kappa shape index (κ1) is 17.1. The van der Waals surface area contributed by atoms with Gasteiger partial charge in [-0.15, -0.1) is 0 Å². The molecule has 0 amide bonds. The van der Waals surface area contributed by atoms with Crippen LogP contribution in [0, 0.1) is 11.7 Å². The van der Waals surface area contributed by atoms with E-state index in [9.17, 15) is 4.39 Å². The molecule has 0 spiro atoms. The molecule has 1 unspecified atom stereocenters. The summed E-state index contributed by atoms with van der Waals surface area (Å²) in [6.45, 7) is 7.21. The molecule has 0 aliphatic heterocycles. The predicted octanol–water partition coefficient (Wildman–Crippen LogP) is 3.97. The minimum atomic E-state index is -0.165. The van der Waals surface area contributed by atoms with Gasteiger partial charge in [-0.1, -0.05) is 32.4 Å². The highest BCUT2D eigenvalue weighted by Crippen LogP contribution is 2.22. The van der Waals surface area contributed by atoms with Gasteiger partial charge in [0.2, 0.25) is 0 Å². The first-order valence-corrected chi connectivity index (χ1v) is 7.58. The summed E-state index contributed by atoms with van der Waals surface area (Å²) in [5.41, 5.74) is 1.22. The molecular weight excluding hydrogens is 253 g/mol. The van der Waals surface area contributed by atoms with Gasteiger partial charge in [-0.2, -0.15) is 0 Å². The Hall–Kier alpha value is -0.930. The summed E-state index contributed by atoms with van der Waals surface area (Å²) in [5.74, 6) is 0.936. The van der Waals surface area contributed by atoms with Gasteiger partial charge in [0.1, 0.15) is 5.82 Å². The summed E-state index contributed by atoms with van der Waals surface area (Å²) in [4.78, 5) is 0. The maximum atomic E-state index is 13.0. The second-order valence-electron chi connectivity index (χ2n) is 5.79. The first-order chi connectivity index (χ1) is 9.63.